The molecule has 2 unspecified atom stereocenters. The number of nitrogens with zero attached hydrogens (tertiary/aromatic N) is 1. The molecule has 0 radical (unpaired) electrons. The van der Waals surface area contributed by atoms with Gasteiger partial charge in [0.05, 0.1) is 13.0 Å². The lowest BCUT2D eigenvalue weighted by Crippen LogP contribution is -2.40. The van der Waals surface area contributed by atoms with Crippen LogP contribution < -0.4 is 10.1 Å². The number of nitrogens with one attached hydrogen (secondary N) is 1. The lowest BCUT2D eigenvalue weighted by Gasteiger charge is -2.19. The minimum absolute atomic E-state index is 0.0978. The lowest BCUT2D eigenvalue weighted by molar-refractivity contribution is -0.141. The molecule has 134 valence electrons. The van der Waals surface area contributed by atoms with E-state index >= 15 is 0 Å². The molecule has 2 atom stereocenters. The van der Waals surface area contributed by atoms with Crippen molar-refractivity contribution in [2.45, 2.75) is 24.8 Å². The summed E-state index contributed by atoms with van der Waals surface area (Å²) in [5, 5.41) is 11.5. The van der Waals surface area contributed by atoms with Crippen LogP contribution >= 0.6 is 0 Å². The summed E-state index contributed by atoms with van der Waals surface area (Å²) in [6.07, 6.45) is 0. The van der Waals surface area contributed by atoms with Crippen molar-refractivity contribution in [1.82, 2.24) is 9.62 Å². The number of amides is 1. The summed E-state index contributed by atoms with van der Waals surface area (Å²) < 4.78 is 30.8. The van der Waals surface area contributed by atoms with Gasteiger partial charge in [-0.2, -0.15) is 0 Å². The van der Waals surface area contributed by atoms with Crippen molar-refractivity contribution >= 4 is 21.9 Å². The van der Waals surface area contributed by atoms with Gasteiger partial charge in [-0.25, -0.2) is 12.7 Å². The second-order valence-corrected chi connectivity index (χ2v) is 7.66. The predicted molar refractivity (Wildman–Crippen MR) is 87.6 cm³/mol. The molecule has 0 heterocycles. The van der Waals surface area contributed by atoms with Crippen LogP contribution in [0, 0.1) is 5.92 Å². The highest BCUT2D eigenvalue weighted by Crippen LogP contribution is 2.27. The summed E-state index contributed by atoms with van der Waals surface area (Å²) in [5.41, 5.74) is 0.0978. The van der Waals surface area contributed by atoms with Crippen LogP contribution in [0.1, 0.15) is 24.2 Å². The second-order valence-electron chi connectivity index (χ2n) is 5.54. The third-order valence-electron chi connectivity index (χ3n) is 3.68. The van der Waals surface area contributed by atoms with Crippen LogP contribution in [0.4, 0.5) is 0 Å². The number of rotatable bonds is 7. The van der Waals surface area contributed by atoms with Gasteiger partial charge in [-0.3, -0.25) is 9.59 Å². The summed E-state index contributed by atoms with van der Waals surface area (Å²) in [6, 6.07) is 3.39. The van der Waals surface area contributed by atoms with Crippen LogP contribution in [0.25, 0.3) is 0 Å². The van der Waals surface area contributed by atoms with Gasteiger partial charge in [-0.05, 0) is 32.0 Å². The zero-order chi connectivity index (χ0) is 18.7. The number of hydrogen-bond acceptors (Lipinski definition) is 5. The van der Waals surface area contributed by atoms with Crippen molar-refractivity contribution in [3.8, 4) is 5.75 Å². The number of ether oxygens (including phenoxy) is 1. The number of carbonyl (C=O) groups is 2. The Morgan fingerprint density at radius 2 is 1.83 bits per heavy atom. The number of carboxylic acid groups (broad SMARTS) is 1. The Balaban J connectivity index is 3.19. The normalized spacial score (nSPS) is 14.1. The average molecular weight is 358 g/mol. The molecule has 9 heteroatoms. The number of carboxylic acids is 1. The Morgan fingerprint density at radius 1 is 1.25 bits per heavy atom. The third-order valence-corrected chi connectivity index (χ3v) is 5.52. The van der Waals surface area contributed by atoms with Crippen LogP contribution in [0.5, 0.6) is 5.75 Å². The SMILES string of the molecule is COc1ccc(C(=O)NC(C)C(C)C(=O)O)cc1S(=O)(=O)N(C)C. The van der Waals surface area contributed by atoms with E-state index in [1.807, 2.05) is 0 Å². The zero-order valence-electron chi connectivity index (χ0n) is 14.2. The van der Waals surface area contributed by atoms with Crippen molar-refractivity contribution < 1.29 is 27.9 Å². The topological polar surface area (TPSA) is 113 Å². The summed E-state index contributed by atoms with van der Waals surface area (Å²) in [5.74, 6) is -2.26. The molecule has 2 N–H and O–H groups in total. The molecule has 0 aliphatic rings. The fourth-order valence-corrected chi connectivity index (χ4v) is 2.92. The maximum absolute atomic E-state index is 12.3. The third kappa shape index (κ3) is 4.24. The average Bonchev–Trinajstić information content (AvgIpc) is 2.52. The maximum atomic E-state index is 12.3. The fraction of sp³-hybridized carbons (Fsp3) is 0.467. The quantitative estimate of drug-likeness (QED) is 0.745. The Bertz CT molecular complexity index is 729. The van der Waals surface area contributed by atoms with Gasteiger partial charge in [0.25, 0.3) is 5.91 Å². The fourth-order valence-electron chi connectivity index (χ4n) is 1.85. The van der Waals surface area contributed by atoms with Crippen LogP contribution in [-0.4, -0.2) is 57.0 Å². The molecule has 0 saturated heterocycles. The van der Waals surface area contributed by atoms with E-state index < -0.39 is 33.9 Å². The Kier molecular flexibility index (Phi) is 6.33. The molecule has 0 fully saturated rings. The molecule has 1 aromatic carbocycles. The van der Waals surface area contributed by atoms with Crippen molar-refractivity contribution in [2.75, 3.05) is 21.2 Å². The number of benzene rings is 1. The number of sulfonamides is 1. The molecular weight excluding hydrogens is 336 g/mol. The Labute approximate surface area is 141 Å². The first-order chi connectivity index (χ1) is 11.0. The van der Waals surface area contributed by atoms with E-state index in [4.69, 9.17) is 9.84 Å². The molecule has 0 aliphatic heterocycles. The summed E-state index contributed by atoms with van der Waals surface area (Å²) in [4.78, 5) is 23.1. The summed E-state index contributed by atoms with van der Waals surface area (Å²) in [7, 11) is 0.280. The Hall–Kier alpha value is -2.13. The summed E-state index contributed by atoms with van der Waals surface area (Å²) >= 11 is 0. The first-order valence-electron chi connectivity index (χ1n) is 7.16. The molecule has 0 aliphatic carbocycles. The van der Waals surface area contributed by atoms with Crippen molar-refractivity contribution in [3.63, 3.8) is 0 Å². The molecule has 24 heavy (non-hydrogen) atoms. The van der Waals surface area contributed by atoms with E-state index in [1.165, 1.54) is 46.3 Å². The van der Waals surface area contributed by atoms with E-state index in [-0.39, 0.29) is 16.2 Å². The first-order valence-corrected chi connectivity index (χ1v) is 8.60. The van der Waals surface area contributed by atoms with Crippen LogP contribution in [0.2, 0.25) is 0 Å². The molecule has 8 nitrogen and oxygen atoms in total. The highest BCUT2D eigenvalue weighted by atomic mass is 32.2. The number of aliphatic carboxylic acids is 1. The van der Waals surface area contributed by atoms with Crippen molar-refractivity contribution in [1.29, 1.82) is 0 Å². The molecule has 1 aromatic rings. The number of methoxy groups -OCH3 is 1. The molecular formula is C15H22N2O6S. The van der Waals surface area contributed by atoms with E-state index in [1.54, 1.807) is 6.92 Å². The minimum Gasteiger partial charge on any atom is -0.495 e. The van der Waals surface area contributed by atoms with Gasteiger partial charge in [-0.1, -0.05) is 0 Å². The van der Waals surface area contributed by atoms with E-state index in [2.05, 4.69) is 5.32 Å². The van der Waals surface area contributed by atoms with E-state index in [9.17, 15) is 18.0 Å². The standard InChI is InChI=1S/C15H22N2O6S/c1-9(15(19)20)10(2)16-14(18)11-6-7-12(23-5)13(8-11)24(21,22)17(3)4/h6-10H,1-5H3,(H,16,18)(H,19,20). The first kappa shape index (κ1) is 19.9. The van der Waals surface area contributed by atoms with Gasteiger partial charge < -0.3 is 15.2 Å². The largest absolute Gasteiger partial charge is 0.495 e. The van der Waals surface area contributed by atoms with Gasteiger partial charge in [0.2, 0.25) is 10.0 Å². The minimum atomic E-state index is -3.80. The van der Waals surface area contributed by atoms with Crippen molar-refractivity contribution in [2.24, 2.45) is 5.92 Å². The second kappa shape index (κ2) is 7.63. The maximum Gasteiger partial charge on any atom is 0.308 e. The van der Waals surface area contributed by atoms with Gasteiger partial charge in [0.15, 0.2) is 0 Å². The molecule has 0 spiro atoms. The highest BCUT2D eigenvalue weighted by Gasteiger charge is 2.25. The highest BCUT2D eigenvalue weighted by molar-refractivity contribution is 7.89. The van der Waals surface area contributed by atoms with Gasteiger partial charge in [0.1, 0.15) is 10.6 Å². The Morgan fingerprint density at radius 3 is 2.29 bits per heavy atom. The molecule has 1 rings (SSSR count). The number of hydrogen-bond donors (Lipinski definition) is 2. The summed E-state index contributed by atoms with van der Waals surface area (Å²) in [6.45, 7) is 3.04. The molecule has 0 bridgehead atoms. The van der Waals surface area contributed by atoms with Gasteiger partial charge in [0, 0.05) is 25.7 Å². The molecule has 0 saturated carbocycles. The van der Waals surface area contributed by atoms with Crippen LogP contribution in [0.15, 0.2) is 23.1 Å². The van der Waals surface area contributed by atoms with Gasteiger partial charge in [-0.15, -0.1) is 0 Å². The predicted octanol–water partition coefficient (Wildman–Crippen LogP) is 0.784. The van der Waals surface area contributed by atoms with E-state index in [0.29, 0.717) is 0 Å². The molecule has 0 aromatic heterocycles. The lowest BCUT2D eigenvalue weighted by atomic mass is 10.0. The van der Waals surface area contributed by atoms with Crippen molar-refractivity contribution in [3.05, 3.63) is 23.8 Å². The van der Waals surface area contributed by atoms with Crippen LogP contribution in [0.3, 0.4) is 0 Å². The zero-order valence-corrected chi connectivity index (χ0v) is 15.0. The monoisotopic (exact) mass is 358 g/mol. The molecule has 1 amide bonds. The van der Waals surface area contributed by atoms with Crippen LogP contribution in [-0.2, 0) is 14.8 Å². The van der Waals surface area contributed by atoms with E-state index in [0.717, 1.165) is 4.31 Å². The number of carbonyl (C=O) groups excluding carboxylic acids is 1. The smallest absolute Gasteiger partial charge is 0.308 e. The van der Waals surface area contributed by atoms with Gasteiger partial charge >= 0.3 is 5.97 Å².